The highest BCUT2D eigenvalue weighted by Gasteiger charge is 2.35. The van der Waals surface area contributed by atoms with Gasteiger partial charge in [0.05, 0.1) is 35.5 Å². The Balaban J connectivity index is 1.71. The van der Waals surface area contributed by atoms with Crippen LogP contribution in [-0.4, -0.2) is 37.9 Å². The van der Waals surface area contributed by atoms with E-state index in [4.69, 9.17) is 26.1 Å². The van der Waals surface area contributed by atoms with Gasteiger partial charge in [-0.05, 0) is 83.8 Å². The number of carbonyl (C=O) groups excluding carboxylic acids is 2. The molecule has 3 aromatic carbocycles. The zero-order valence-electron chi connectivity index (χ0n) is 22.2. The number of rotatable bonds is 9. The SMILES string of the molecule is CCc1ccc(N=C2S/C(=C\c3cc(Cl)c(OCC(=O)OC)c(OC)c3)C(=O)N2c2ccc(CC)cc2)cc1. The smallest absolute Gasteiger partial charge is 0.343 e. The van der Waals surface area contributed by atoms with Gasteiger partial charge in [0, 0.05) is 0 Å². The highest BCUT2D eigenvalue weighted by molar-refractivity contribution is 8.19. The molecular weight excluding hydrogens is 536 g/mol. The maximum atomic E-state index is 13.7. The van der Waals surface area contributed by atoms with E-state index >= 15 is 0 Å². The van der Waals surface area contributed by atoms with Gasteiger partial charge >= 0.3 is 5.97 Å². The number of esters is 1. The molecule has 0 aliphatic carbocycles. The van der Waals surface area contributed by atoms with Gasteiger partial charge in [-0.3, -0.25) is 9.69 Å². The number of nitrogens with zero attached hydrogens (tertiary/aromatic N) is 2. The summed E-state index contributed by atoms with van der Waals surface area (Å²) in [6, 6.07) is 19.2. The number of carbonyl (C=O) groups is 2. The van der Waals surface area contributed by atoms with Crippen molar-refractivity contribution in [3.8, 4) is 11.5 Å². The van der Waals surface area contributed by atoms with Gasteiger partial charge in [0.15, 0.2) is 23.3 Å². The van der Waals surface area contributed by atoms with E-state index < -0.39 is 5.97 Å². The van der Waals surface area contributed by atoms with E-state index in [0.717, 1.165) is 24.2 Å². The fraction of sp³-hybridized carbons (Fsp3) is 0.233. The van der Waals surface area contributed by atoms with Gasteiger partial charge in [-0.25, -0.2) is 9.79 Å². The van der Waals surface area contributed by atoms with Crippen molar-refractivity contribution >= 4 is 57.9 Å². The normalized spacial score (nSPS) is 15.2. The molecule has 0 atom stereocenters. The van der Waals surface area contributed by atoms with E-state index in [0.29, 0.717) is 21.4 Å². The number of hydrogen-bond donors (Lipinski definition) is 0. The first-order valence-electron chi connectivity index (χ1n) is 12.4. The first kappa shape index (κ1) is 28.3. The quantitative estimate of drug-likeness (QED) is 0.209. The molecule has 0 saturated carbocycles. The summed E-state index contributed by atoms with van der Waals surface area (Å²) in [5.41, 5.74) is 4.52. The first-order valence-corrected chi connectivity index (χ1v) is 13.6. The number of anilines is 1. The summed E-state index contributed by atoms with van der Waals surface area (Å²) in [5, 5.41) is 0.785. The number of thioether (sulfide) groups is 1. The van der Waals surface area contributed by atoms with E-state index in [1.54, 1.807) is 23.1 Å². The predicted octanol–water partition coefficient (Wildman–Crippen LogP) is 6.83. The lowest BCUT2D eigenvalue weighted by atomic mass is 10.1. The lowest BCUT2D eigenvalue weighted by Crippen LogP contribution is -2.28. The number of ether oxygens (including phenoxy) is 3. The average molecular weight is 565 g/mol. The number of amidine groups is 1. The van der Waals surface area contributed by atoms with Crippen molar-refractivity contribution < 1.29 is 23.8 Å². The van der Waals surface area contributed by atoms with Crippen molar-refractivity contribution in [1.82, 2.24) is 0 Å². The Kier molecular flexibility index (Phi) is 9.32. The summed E-state index contributed by atoms with van der Waals surface area (Å²) in [5.74, 6) is -0.206. The van der Waals surface area contributed by atoms with Crippen LogP contribution in [0.2, 0.25) is 5.02 Å². The van der Waals surface area contributed by atoms with Crippen molar-refractivity contribution in [1.29, 1.82) is 0 Å². The second-order valence-corrected chi connectivity index (χ2v) is 10.0. The van der Waals surface area contributed by atoms with Crippen molar-refractivity contribution in [3.63, 3.8) is 0 Å². The molecule has 0 aromatic heterocycles. The van der Waals surface area contributed by atoms with Gasteiger partial charge in [0.2, 0.25) is 0 Å². The van der Waals surface area contributed by atoms with Gasteiger partial charge in [-0.2, -0.15) is 0 Å². The standard InChI is InChI=1S/C30H29ClN2O5S/c1-5-19-7-11-22(12-8-19)32-30-33(23-13-9-20(6-2)10-14-23)29(35)26(39-30)17-21-15-24(31)28(25(16-21)36-3)38-18-27(34)37-4/h7-17H,5-6,18H2,1-4H3/b26-17-,32-30?. The zero-order valence-corrected chi connectivity index (χ0v) is 23.8. The van der Waals surface area contributed by atoms with Crippen LogP contribution in [0.3, 0.4) is 0 Å². The summed E-state index contributed by atoms with van der Waals surface area (Å²) in [7, 11) is 2.74. The number of methoxy groups -OCH3 is 2. The number of hydrogen-bond acceptors (Lipinski definition) is 7. The van der Waals surface area contributed by atoms with Crippen molar-refractivity contribution in [2.45, 2.75) is 26.7 Å². The van der Waals surface area contributed by atoms with Gasteiger partial charge in [-0.15, -0.1) is 0 Å². The van der Waals surface area contributed by atoms with E-state index in [1.165, 1.54) is 37.1 Å². The summed E-state index contributed by atoms with van der Waals surface area (Å²) in [4.78, 5) is 32.1. The minimum Gasteiger partial charge on any atom is -0.493 e. The zero-order chi connectivity index (χ0) is 27.9. The summed E-state index contributed by atoms with van der Waals surface area (Å²) < 4.78 is 15.6. The predicted molar refractivity (Wildman–Crippen MR) is 157 cm³/mol. The second kappa shape index (κ2) is 12.9. The summed E-state index contributed by atoms with van der Waals surface area (Å²) >= 11 is 7.75. The minimum atomic E-state index is -0.546. The maximum Gasteiger partial charge on any atom is 0.343 e. The lowest BCUT2D eigenvalue weighted by molar-refractivity contribution is -0.142. The molecule has 1 amide bonds. The molecule has 1 saturated heterocycles. The Morgan fingerprint density at radius 3 is 2.23 bits per heavy atom. The summed E-state index contributed by atoms with van der Waals surface area (Å²) in [6.45, 7) is 3.88. The highest BCUT2D eigenvalue weighted by atomic mass is 35.5. The number of aliphatic imine (C=N–C) groups is 1. The molecule has 0 bridgehead atoms. The van der Waals surface area contributed by atoms with E-state index in [2.05, 4.69) is 18.6 Å². The van der Waals surface area contributed by atoms with Crippen LogP contribution in [0.1, 0.15) is 30.5 Å². The van der Waals surface area contributed by atoms with Gasteiger partial charge in [0.1, 0.15) is 0 Å². The molecular formula is C30H29ClN2O5S. The molecule has 1 aliphatic rings. The molecule has 0 unspecified atom stereocenters. The van der Waals surface area contributed by atoms with Crippen LogP contribution in [0.25, 0.3) is 6.08 Å². The number of halogens is 1. The van der Waals surface area contributed by atoms with Gasteiger partial charge in [0.25, 0.3) is 5.91 Å². The second-order valence-electron chi connectivity index (χ2n) is 8.58. The Morgan fingerprint density at radius 1 is 1.00 bits per heavy atom. The molecule has 4 rings (SSSR count). The number of amides is 1. The summed E-state index contributed by atoms with van der Waals surface area (Å²) in [6.07, 6.45) is 3.58. The molecule has 1 heterocycles. The first-order chi connectivity index (χ1) is 18.9. The van der Waals surface area contributed by atoms with E-state index in [1.807, 2.05) is 48.5 Å². The molecule has 39 heavy (non-hydrogen) atoms. The lowest BCUT2D eigenvalue weighted by Gasteiger charge is -2.16. The van der Waals surface area contributed by atoms with Crippen LogP contribution in [0.5, 0.6) is 11.5 Å². The van der Waals surface area contributed by atoms with Gasteiger partial charge in [-0.1, -0.05) is 49.7 Å². The molecule has 0 spiro atoms. The van der Waals surface area contributed by atoms with Crippen LogP contribution >= 0.6 is 23.4 Å². The molecule has 0 N–H and O–H groups in total. The van der Waals surface area contributed by atoms with E-state index in [-0.39, 0.29) is 23.3 Å². The largest absolute Gasteiger partial charge is 0.493 e. The van der Waals surface area contributed by atoms with Gasteiger partial charge < -0.3 is 14.2 Å². The number of benzene rings is 3. The molecule has 7 nitrogen and oxygen atoms in total. The third-order valence-electron chi connectivity index (χ3n) is 6.09. The Morgan fingerprint density at radius 2 is 1.64 bits per heavy atom. The fourth-order valence-electron chi connectivity index (χ4n) is 3.88. The molecule has 3 aromatic rings. The maximum absolute atomic E-state index is 13.7. The minimum absolute atomic E-state index is 0.200. The third kappa shape index (κ3) is 6.64. The van der Waals surface area contributed by atoms with Crippen LogP contribution in [0.4, 0.5) is 11.4 Å². The van der Waals surface area contributed by atoms with Crippen LogP contribution in [0, 0.1) is 0 Å². The molecule has 0 radical (unpaired) electrons. The van der Waals surface area contributed by atoms with Crippen molar-refractivity contribution in [3.05, 3.63) is 87.3 Å². The Labute approximate surface area is 237 Å². The fourth-order valence-corrected chi connectivity index (χ4v) is 5.15. The third-order valence-corrected chi connectivity index (χ3v) is 7.34. The monoisotopic (exact) mass is 564 g/mol. The molecule has 1 aliphatic heterocycles. The molecule has 1 fully saturated rings. The van der Waals surface area contributed by atoms with Crippen molar-refractivity contribution in [2.24, 2.45) is 4.99 Å². The van der Waals surface area contributed by atoms with Crippen LogP contribution in [0.15, 0.2) is 70.6 Å². The Bertz CT molecular complexity index is 1420. The highest BCUT2D eigenvalue weighted by Crippen LogP contribution is 2.40. The molecule has 202 valence electrons. The Hall–Kier alpha value is -3.75. The average Bonchev–Trinajstić information content (AvgIpc) is 3.26. The number of aryl methyl sites for hydroxylation is 2. The van der Waals surface area contributed by atoms with Crippen LogP contribution < -0.4 is 14.4 Å². The van der Waals surface area contributed by atoms with Crippen LogP contribution in [-0.2, 0) is 27.2 Å². The topological polar surface area (TPSA) is 77.4 Å². The molecule has 9 heteroatoms. The van der Waals surface area contributed by atoms with E-state index in [9.17, 15) is 9.59 Å². The van der Waals surface area contributed by atoms with Crippen molar-refractivity contribution in [2.75, 3.05) is 25.7 Å².